The van der Waals surface area contributed by atoms with Gasteiger partial charge in [0.15, 0.2) is 0 Å². The van der Waals surface area contributed by atoms with Crippen molar-refractivity contribution >= 4 is 29.0 Å². The number of thioether (sulfide) groups is 1. The van der Waals surface area contributed by atoms with Crippen molar-refractivity contribution in [2.24, 2.45) is 0 Å². The molecule has 0 amide bonds. The lowest BCUT2D eigenvalue weighted by molar-refractivity contribution is -0.136. The summed E-state index contributed by atoms with van der Waals surface area (Å²) in [5.41, 5.74) is 1.96. The Balaban J connectivity index is 2.39. The van der Waals surface area contributed by atoms with E-state index in [0.717, 1.165) is 24.0 Å². The highest BCUT2D eigenvalue weighted by atomic mass is 32.2. The molecule has 1 aromatic carbocycles. The summed E-state index contributed by atoms with van der Waals surface area (Å²) in [5.74, 6) is -0.411. The quantitative estimate of drug-likeness (QED) is 0.199. The molecule has 0 aliphatic carbocycles. The van der Waals surface area contributed by atoms with E-state index in [-0.39, 0.29) is 6.54 Å². The predicted molar refractivity (Wildman–Crippen MR) is 124 cm³/mol. The maximum Gasteiger partial charge on any atom is 0.321 e. The Morgan fingerprint density at radius 3 is 2.21 bits per heavy atom. The van der Waals surface area contributed by atoms with Gasteiger partial charge in [-0.3, -0.25) is 9.35 Å². The van der Waals surface area contributed by atoms with Crippen LogP contribution in [0.4, 0.5) is 0 Å². The lowest BCUT2D eigenvalue weighted by Gasteiger charge is -2.17. The zero-order chi connectivity index (χ0) is 21.3. The summed E-state index contributed by atoms with van der Waals surface area (Å²) < 4.78 is 21.8. The summed E-state index contributed by atoms with van der Waals surface area (Å²) in [6.45, 7) is 2.53. The number of aryl methyl sites for hydroxylation is 1. The van der Waals surface area contributed by atoms with Gasteiger partial charge in [-0.05, 0) is 24.0 Å². The van der Waals surface area contributed by atoms with Gasteiger partial charge in [0.2, 0.25) is 11.3 Å². The molecular weight excluding hydrogens is 406 g/mol. The molecule has 1 aromatic rings. The number of carbonyl (C=O) groups is 1. The number of aliphatic carboxylic acids is 1. The molecule has 0 aliphatic heterocycles. The maximum atomic E-state index is 11.8. The minimum absolute atomic E-state index is 0.290. The Kier molecular flexibility index (Phi) is 15.2. The van der Waals surface area contributed by atoms with Gasteiger partial charge in [0, 0.05) is 12.3 Å². The SMILES string of the molecule is CCCCCCCCCCCCc1ccccc1C(SCCNS(=O)O)C(=O)O. The average Bonchev–Trinajstić information content (AvgIpc) is 2.69. The van der Waals surface area contributed by atoms with Crippen molar-refractivity contribution < 1.29 is 18.7 Å². The number of carboxylic acid groups (broad SMARTS) is 1. The van der Waals surface area contributed by atoms with Crippen LogP contribution in [0.2, 0.25) is 0 Å². The van der Waals surface area contributed by atoms with Gasteiger partial charge in [0.1, 0.15) is 5.25 Å². The number of rotatable bonds is 18. The third kappa shape index (κ3) is 12.4. The first-order valence-corrected chi connectivity index (χ1v) is 13.0. The molecule has 0 fully saturated rings. The van der Waals surface area contributed by atoms with Crippen molar-refractivity contribution in [3.05, 3.63) is 35.4 Å². The van der Waals surface area contributed by atoms with E-state index >= 15 is 0 Å². The van der Waals surface area contributed by atoms with Crippen LogP contribution in [0.5, 0.6) is 0 Å². The molecule has 1 rings (SSSR count). The molecule has 0 radical (unpaired) electrons. The smallest absolute Gasteiger partial charge is 0.321 e. The van der Waals surface area contributed by atoms with Crippen LogP contribution in [0.1, 0.15) is 87.5 Å². The Morgan fingerprint density at radius 1 is 1.03 bits per heavy atom. The summed E-state index contributed by atoms with van der Waals surface area (Å²) in [5, 5.41) is 9.01. The van der Waals surface area contributed by atoms with Crippen LogP contribution in [0.15, 0.2) is 24.3 Å². The molecule has 0 saturated carbocycles. The highest BCUT2D eigenvalue weighted by molar-refractivity contribution is 8.00. The molecule has 5 nitrogen and oxygen atoms in total. The topological polar surface area (TPSA) is 86.6 Å². The first-order chi connectivity index (χ1) is 14.1. The van der Waals surface area contributed by atoms with Gasteiger partial charge in [0.25, 0.3) is 0 Å². The van der Waals surface area contributed by atoms with E-state index in [0.29, 0.717) is 5.75 Å². The number of hydrogen-bond acceptors (Lipinski definition) is 3. The maximum absolute atomic E-state index is 11.8. The number of unbranched alkanes of at least 4 members (excludes halogenated alkanes) is 9. The second kappa shape index (κ2) is 16.9. The zero-order valence-corrected chi connectivity index (χ0v) is 19.2. The van der Waals surface area contributed by atoms with E-state index in [4.69, 9.17) is 4.55 Å². The van der Waals surface area contributed by atoms with Gasteiger partial charge in [-0.1, -0.05) is 89.0 Å². The highest BCUT2D eigenvalue weighted by Crippen LogP contribution is 2.32. The minimum atomic E-state index is -2.06. The molecule has 0 bridgehead atoms. The first-order valence-electron chi connectivity index (χ1n) is 10.8. The van der Waals surface area contributed by atoms with E-state index in [1.54, 1.807) is 0 Å². The summed E-state index contributed by atoms with van der Waals surface area (Å²) in [6.07, 6.45) is 13.7. The van der Waals surface area contributed by atoms with Crippen LogP contribution in [0.3, 0.4) is 0 Å². The molecular formula is C22H37NO4S2. The molecule has 3 N–H and O–H groups in total. The first kappa shape index (κ1) is 26.1. The summed E-state index contributed by atoms with van der Waals surface area (Å²) >= 11 is -0.772. The summed E-state index contributed by atoms with van der Waals surface area (Å²) in [7, 11) is 0. The third-order valence-corrected chi connectivity index (χ3v) is 6.65. The van der Waals surface area contributed by atoms with Crippen molar-refractivity contribution in [2.45, 2.75) is 82.8 Å². The lowest BCUT2D eigenvalue weighted by Crippen LogP contribution is -2.20. The van der Waals surface area contributed by atoms with Crippen LogP contribution < -0.4 is 4.72 Å². The van der Waals surface area contributed by atoms with E-state index < -0.39 is 22.5 Å². The van der Waals surface area contributed by atoms with Gasteiger partial charge in [-0.2, -0.15) is 0 Å². The fraction of sp³-hybridized carbons (Fsp3) is 0.682. The molecule has 2 unspecified atom stereocenters. The minimum Gasteiger partial charge on any atom is -0.480 e. The molecule has 7 heteroatoms. The van der Waals surface area contributed by atoms with Crippen molar-refractivity contribution in [1.29, 1.82) is 0 Å². The van der Waals surface area contributed by atoms with Gasteiger partial charge in [-0.15, -0.1) is 11.8 Å². The van der Waals surface area contributed by atoms with Crippen LogP contribution in [-0.4, -0.2) is 32.1 Å². The molecule has 0 aromatic heterocycles. The fourth-order valence-electron chi connectivity index (χ4n) is 3.42. The van der Waals surface area contributed by atoms with Crippen LogP contribution in [0, 0.1) is 0 Å². The second-order valence-corrected chi connectivity index (χ2v) is 9.36. The van der Waals surface area contributed by atoms with Crippen molar-refractivity contribution in [2.75, 3.05) is 12.3 Å². The van der Waals surface area contributed by atoms with Gasteiger partial charge in [0.05, 0.1) is 0 Å². The highest BCUT2D eigenvalue weighted by Gasteiger charge is 2.22. The number of hydrogen-bond donors (Lipinski definition) is 3. The van der Waals surface area contributed by atoms with E-state index in [2.05, 4.69) is 11.6 Å². The van der Waals surface area contributed by atoms with Crippen LogP contribution >= 0.6 is 11.8 Å². The molecule has 0 heterocycles. The number of carboxylic acids is 1. The zero-order valence-electron chi connectivity index (χ0n) is 17.6. The normalized spacial score (nSPS) is 13.3. The third-order valence-electron chi connectivity index (χ3n) is 4.97. The van der Waals surface area contributed by atoms with E-state index in [9.17, 15) is 14.1 Å². The fourth-order valence-corrected chi connectivity index (χ4v) is 4.83. The molecule has 0 spiro atoms. The number of nitrogens with one attached hydrogen (secondary N) is 1. The van der Waals surface area contributed by atoms with Gasteiger partial charge < -0.3 is 5.11 Å². The van der Waals surface area contributed by atoms with Crippen LogP contribution in [0.25, 0.3) is 0 Å². The molecule has 2 atom stereocenters. The number of benzene rings is 1. The Hall–Kier alpha value is -0.890. The van der Waals surface area contributed by atoms with E-state index in [1.807, 2.05) is 24.3 Å². The van der Waals surface area contributed by atoms with Crippen molar-refractivity contribution in [1.82, 2.24) is 4.72 Å². The standard InChI is InChI=1S/C22H37NO4S2/c1-2-3-4-5-6-7-8-9-10-11-14-19-15-12-13-16-20(19)21(22(24)25)28-18-17-23-29(26)27/h12-13,15-16,21,23H,2-11,14,17-18H2,1H3,(H,24,25)(H,26,27). The Labute approximate surface area is 182 Å². The summed E-state index contributed by atoms with van der Waals surface area (Å²) in [6, 6.07) is 7.78. The Bertz CT molecular complexity index is 598. The monoisotopic (exact) mass is 443 g/mol. The molecule has 166 valence electrons. The van der Waals surface area contributed by atoms with Gasteiger partial charge >= 0.3 is 5.97 Å². The second-order valence-electron chi connectivity index (χ2n) is 7.36. The summed E-state index contributed by atoms with van der Waals surface area (Å²) in [4.78, 5) is 11.8. The molecule has 0 saturated heterocycles. The van der Waals surface area contributed by atoms with Crippen molar-refractivity contribution in [3.63, 3.8) is 0 Å². The van der Waals surface area contributed by atoms with Crippen LogP contribution in [-0.2, 0) is 22.5 Å². The van der Waals surface area contributed by atoms with E-state index in [1.165, 1.54) is 69.5 Å². The lowest BCUT2D eigenvalue weighted by atomic mass is 9.98. The predicted octanol–water partition coefficient (Wildman–Crippen LogP) is 5.74. The average molecular weight is 444 g/mol. The van der Waals surface area contributed by atoms with Crippen molar-refractivity contribution in [3.8, 4) is 0 Å². The molecule has 29 heavy (non-hydrogen) atoms. The Morgan fingerprint density at radius 2 is 1.62 bits per heavy atom. The largest absolute Gasteiger partial charge is 0.480 e. The van der Waals surface area contributed by atoms with Gasteiger partial charge in [-0.25, -0.2) is 8.93 Å². The molecule has 0 aliphatic rings.